The highest BCUT2D eigenvalue weighted by molar-refractivity contribution is 6.13. The first-order valence-electron chi connectivity index (χ1n) is 15.0. The zero-order chi connectivity index (χ0) is 29.7. The number of para-hydroxylation sites is 1. The number of aromatic nitrogens is 1. The van der Waals surface area contributed by atoms with Crippen LogP contribution in [-0.4, -0.2) is 4.98 Å². The van der Waals surface area contributed by atoms with Crippen LogP contribution in [0, 0.1) is 0 Å². The van der Waals surface area contributed by atoms with Crippen molar-refractivity contribution in [2.75, 3.05) is 4.90 Å². The summed E-state index contributed by atoms with van der Waals surface area (Å²) < 4.78 is 12.6. The minimum atomic E-state index is 0.609. The Labute approximate surface area is 259 Å². The van der Waals surface area contributed by atoms with Crippen molar-refractivity contribution in [3.05, 3.63) is 158 Å². The normalized spacial score (nSPS) is 11.6. The summed E-state index contributed by atoms with van der Waals surface area (Å²) in [5, 5.41) is 4.26. The van der Waals surface area contributed by atoms with Gasteiger partial charge in [-0.15, -0.1) is 0 Å². The van der Waals surface area contributed by atoms with E-state index in [1.807, 2.05) is 48.5 Å². The fourth-order valence-electron chi connectivity index (χ4n) is 6.34. The second kappa shape index (κ2) is 10.2. The molecule has 7 aromatic carbocycles. The van der Waals surface area contributed by atoms with Crippen LogP contribution in [-0.2, 0) is 0 Å². The quantitative estimate of drug-likeness (QED) is 0.204. The third-order valence-electron chi connectivity index (χ3n) is 8.49. The molecule has 0 saturated heterocycles. The molecule has 0 aliphatic carbocycles. The molecule has 0 atom stereocenters. The number of hydrogen-bond donors (Lipinski definition) is 0. The summed E-state index contributed by atoms with van der Waals surface area (Å²) in [7, 11) is 0. The van der Waals surface area contributed by atoms with Gasteiger partial charge in [-0.05, 0) is 65.7 Å². The molecule has 0 saturated carbocycles. The lowest BCUT2D eigenvalue weighted by atomic mass is 10.0. The van der Waals surface area contributed by atoms with E-state index in [9.17, 15) is 0 Å². The van der Waals surface area contributed by atoms with Gasteiger partial charge in [0, 0.05) is 38.5 Å². The molecule has 45 heavy (non-hydrogen) atoms. The second-order valence-corrected chi connectivity index (χ2v) is 11.2. The van der Waals surface area contributed by atoms with Crippen LogP contribution in [0.25, 0.3) is 66.4 Å². The standard InChI is InChI=1S/C41H26N2O2/c1-3-11-27(12-4-1)28-19-21-30(22-20-28)43(31-23-24-39-35(25-31)33-16-9-10-18-38(33)44-39)37-26-36-40(34-17-8-7-15-32(34)37)45-41(42-36)29-13-5-2-6-14-29/h1-26H. The third-order valence-corrected chi connectivity index (χ3v) is 8.49. The van der Waals surface area contributed by atoms with Gasteiger partial charge in [0.1, 0.15) is 16.7 Å². The van der Waals surface area contributed by atoms with Gasteiger partial charge in [-0.2, -0.15) is 0 Å². The van der Waals surface area contributed by atoms with Crippen LogP contribution in [0.4, 0.5) is 17.1 Å². The van der Waals surface area contributed by atoms with Crippen molar-refractivity contribution in [1.29, 1.82) is 0 Å². The SMILES string of the molecule is c1ccc(-c2ccc(N(c3ccc4oc5ccccc5c4c3)c3cc4nc(-c5ccccc5)oc4c4ccccc34)cc2)cc1. The number of hydrogen-bond acceptors (Lipinski definition) is 4. The number of rotatable bonds is 5. The molecule has 2 aromatic heterocycles. The van der Waals surface area contributed by atoms with Gasteiger partial charge in [-0.1, -0.05) is 103 Å². The number of furan rings is 1. The van der Waals surface area contributed by atoms with Crippen molar-refractivity contribution in [3.8, 4) is 22.6 Å². The Kier molecular flexibility index (Phi) is 5.78. The van der Waals surface area contributed by atoms with Gasteiger partial charge in [0.05, 0.1) is 5.69 Å². The Morgan fingerprint density at radius 2 is 1.02 bits per heavy atom. The summed E-state index contributed by atoms with van der Waals surface area (Å²) in [6, 6.07) is 54.5. The summed E-state index contributed by atoms with van der Waals surface area (Å²) in [4.78, 5) is 7.31. The zero-order valence-corrected chi connectivity index (χ0v) is 24.2. The average molecular weight is 579 g/mol. The van der Waals surface area contributed by atoms with Crippen molar-refractivity contribution >= 4 is 60.9 Å². The summed E-state index contributed by atoms with van der Waals surface area (Å²) in [6.45, 7) is 0. The minimum Gasteiger partial charge on any atom is -0.456 e. The first-order chi connectivity index (χ1) is 22.3. The zero-order valence-electron chi connectivity index (χ0n) is 24.2. The average Bonchev–Trinajstić information content (AvgIpc) is 3.71. The molecular formula is C41H26N2O2. The summed E-state index contributed by atoms with van der Waals surface area (Å²) in [5.41, 5.74) is 9.72. The maximum absolute atomic E-state index is 6.43. The largest absolute Gasteiger partial charge is 0.456 e. The van der Waals surface area contributed by atoms with E-state index in [2.05, 4.69) is 114 Å². The molecule has 0 radical (unpaired) electrons. The topological polar surface area (TPSA) is 42.4 Å². The predicted octanol–water partition coefficient (Wildman–Crippen LogP) is 11.7. The molecule has 9 aromatic rings. The Morgan fingerprint density at radius 3 is 1.80 bits per heavy atom. The highest BCUT2D eigenvalue weighted by Gasteiger charge is 2.21. The van der Waals surface area contributed by atoms with E-state index < -0.39 is 0 Å². The van der Waals surface area contributed by atoms with Crippen LogP contribution in [0.2, 0.25) is 0 Å². The maximum Gasteiger partial charge on any atom is 0.227 e. The first kappa shape index (κ1) is 25.4. The van der Waals surface area contributed by atoms with Gasteiger partial charge in [-0.25, -0.2) is 4.98 Å². The van der Waals surface area contributed by atoms with Crippen LogP contribution in [0.15, 0.2) is 167 Å². The third kappa shape index (κ3) is 4.27. The molecule has 9 rings (SSSR count). The van der Waals surface area contributed by atoms with E-state index in [4.69, 9.17) is 13.8 Å². The molecule has 0 N–H and O–H groups in total. The summed E-state index contributed by atoms with van der Waals surface area (Å²) in [6.07, 6.45) is 0. The maximum atomic E-state index is 6.43. The molecule has 0 aliphatic rings. The number of fused-ring (bicyclic) bond motifs is 6. The predicted molar refractivity (Wildman–Crippen MR) is 184 cm³/mol. The molecule has 2 heterocycles. The van der Waals surface area contributed by atoms with Gasteiger partial charge < -0.3 is 13.7 Å². The Balaban J connectivity index is 1.29. The summed E-state index contributed by atoms with van der Waals surface area (Å²) in [5.74, 6) is 0.609. The fourth-order valence-corrected chi connectivity index (χ4v) is 6.34. The van der Waals surface area contributed by atoms with Crippen molar-refractivity contribution in [2.45, 2.75) is 0 Å². The van der Waals surface area contributed by atoms with E-state index in [0.29, 0.717) is 5.89 Å². The number of anilines is 3. The van der Waals surface area contributed by atoms with E-state index >= 15 is 0 Å². The lowest BCUT2D eigenvalue weighted by Gasteiger charge is -2.27. The molecule has 0 amide bonds. The van der Waals surface area contributed by atoms with Crippen LogP contribution >= 0.6 is 0 Å². The number of oxazole rings is 1. The first-order valence-corrected chi connectivity index (χ1v) is 15.0. The second-order valence-electron chi connectivity index (χ2n) is 11.2. The van der Waals surface area contributed by atoms with E-state index in [1.54, 1.807) is 0 Å². The summed E-state index contributed by atoms with van der Waals surface area (Å²) >= 11 is 0. The van der Waals surface area contributed by atoms with Crippen molar-refractivity contribution in [1.82, 2.24) is 4.98 Å². The monoisotopic (exact) mass is 578 g/mol. The smallest absolute Gasteiger partial charge is 0.227 e. The highest BCUT2D eigenvalue weighted by atomic mass is 16.3. The van der Waals surface area contributed by atoms with E-state index in [0.717, 1.165) is 66.4 Å². The Bertz CT molecular complexity index is 2480. The van der Waals surface area contributed by atoms with E-state index in [-0.39, 0.29) is 0 Å². The van der Waals surface area contributed by atoms with Crippen LogP contribution < -0.4 is 4.90 Å². The van der Waals surface area contributed by atoms with Crippen molar-refractivity contribution in [3.63, 3.8) is 0 Å². The van der Waals surface area contributed by atoms with Gasteiger partial charge >= 0.3 is 0 Å². The molecule has 4 nitrogen and oxygen atoms in total. The molecule has 0 unspecified atom stereocenters. The fraction of sp³-hybridized carbons (Fsp3) is 0. The van der Waals surface area contributed by atoms with Crippen LogP contribution in [0.1, 0.15) is 0 Å². The van der Waals surface area contributed by atoms with Crippen molar-refractivity contribution < 1.29 is 8.83 Å². The molecule has 0 aliphatic heterocycles. The van der Waals surface area contributed by atoms with Crippen molar-refractivity contribution in [2.24, 2.45) is 0 Å². The highest BCUT2D eigenvalue weighted by Crippen LogP contribution is 2.44. The molecule has 0 bridgehead atoms. The number of nitrogens with zero attached hydrogens (tertiary/aromatic N) is 2. The van der Waals surface area contributed by atoms with E-state index in [1.165, 1.54) is 11.1 Å². The van der Waals surface area contributed by atoms with Gasteiger partial charge in [0.15, 0.2) is 5.58 Å². The van der Waals surface area contributed by atoms with Gasteiger partial charge in [0.25, 0.3) is 0 Å². The molecule has 0 spiro atoms. The lowest BCUT2D eigenvalue weighted by Crippen LogP contribution is -2.10. The molecule has 0 fully saturated rings. The van der Waals surface area contributed by atoms with Gasteiger partial charge in [0.2, 0.25) is 5.89 Å². The minimum absolute atomic E-state index is 0.609. The van der Waals surface area contributed by atoms with Crippen LogP contribution in [0.3, 0.4) is 0 Å². The molecule has 212 valence electrons. The Morgan fingerprint density at radius 1 is 0.422 bits per heavy atom. The molecular weight excluding hydrogens is 552 g/mol. The van der Waals surface area contributed by atoms with Crippen LogP contribution in [0.5, 0.6) is 0 Å². The van der Waals surface area contributed by atoms with Gasteiger partial charge in [-0.3, -0.25) is 0 Å². The lowest BCUT2D eigenvalue weighted by molar-refractivity contribution is 0.623. The molecule has 4 heteroatoms. The number of benzene rings is 7. The Hall–Kier alpha value is -6.13.